The maximum Gasteiger partial charge on any atom is 0.190 e. The molecule has 1 aliphatic heterocycles. The van der Waals surface area contributed by atoms with E-state index in [1.807, 2.05) is 20.0 Å². The molecule has 1 aromatic rings. The largest absolute Gasteiger partial charge is 0.493 e. The normalized spacial score (nSPS) is 15.0. The van der Waals surface area contributed by atoms with Crippen molar-refractivity contribution in [2.75, 3.05) is 53.5 Å². The molecule has 0 radical (unpaired) electrons. The number of hydrogen-bond donors (Lipinski definition) is 2. The van der Waals surface area contributed by atoms with Crippen LogP contribution in [0.5, 0.6) is 11.5 Å². The van der Waals surface area contributed by atoms with Crippen LogP contribution in [-0.2, 0) is 6.42 Å². The Balaban J connectivity index is 1.63. The lowest BCUT2D eigenvalue weighted by atomic mass is 10.1. The van der Waals surface area contributed by atoms with Crippen LogP contribution >= 0.6 is 0 Å². The number of aliphatic imine (C=N–C) groups is 1. The molecule has 0 spiro atoms. The third-order valence-corrected chi connectivity index (χ3v) is 4.83. The Kier molecular flexibility index (Phi) is 9.84. The fraction of sp³-hybridized carbons (Fsp3) is 0.667. The van der Waals surface area contributed by atoms with Gasteiger partial charge in [-0.1, -0.05) is 6.07 Å². The lowest BCUT2D eigenvalue weighted by molar-refractivity contribution is 0.310. The highest BCUT2D eigenvalue weighted by molar-refractivity contribution is 5.79. The zero-order valence-corrected chi connectivity index (χ0v) is 17.2. The number of nitrogens with one attached hydrogen (secondary N) is 2. The van der Waals surface area contributed by atoms with Crippen LogP contribution in [0.3, 0.4) is 0 Å². The van der Waals surface area contributed by atoms with Crippen molar-refractivity contribution in [2.24, 2.45) is 4.99 Å². The van der Waals surface area contributed by atoms with E-state index in [1.165, 1.54) is 38.0 Å². The predicted molar refractivity (Wildman–Crippen MR) is 112 cm³/mol. The fourth-order valence-corrected chi connectivity index (χ4v) is 3.38. The van der Waals surface area contributed by atoms with Gasteiger partial charge in [-0.2, -0.15) is 0 Å². The van der Waals surface area contributed by atoms with E-state index < -0.39 is 0 Å². The maximum atomic E-state index is 5.65. The first-order chi connectivity index (χ1) is 13.3. The van der Waals surface area contributed by atoms with Gasteiger partial charge >= 0.3 is 0 Å². The van der Waals surface area contributed by atoms with Gasteiger partial charge in [0.05, 0.1) is 13.7 Å². The van der Waals surface area contributed by atoms with Gasteiger partial charge in [0.2, 0.25) is 0 Å². The summed E-state index contributed by atoms with van der Waals surface area (Å²) < 4.78 is 11.0. The fourth-order valence-electron chi connectivity index (χ4n) is 3.38. The van der Waals surface area contributed by atoms with Crippen molar-refractivity contribution in [1.82, 2.24) is 15.5 Å². The maximum absolute atomic E-state index is 5.65. The first kappa shape index (κ1) is 21.4. The van der Waals surface area contributed by atoms with E-state index in [9.17, 15) is 0 Å². The van der Waals surface area contributed by atoms with E-state index in [4.69, 9.17) is 9.47 Å². The third-order valence-electron chi connectivity index (χ3n) is 4.83. The zero-order chi connectivity index (χ0) is 19.3. The molecule has 0 bridgehead atoms. The second-order valence-corrected chi connectivity index (χ2v) is 6.85. The minimum absolute atomic E-state index is 0.640. The molecule has 1 fully saturated rings. The van der Waals surface area contributed by atoms with Gasteiger partial charge < -0.3 is 25.0 Å². The molecule has 6 heteroatoms. The summed E-state index contributed by atoms with van der Waals surface area (Å²) in [6, 6.07) is 6.16. The van der Waals surface area contributed by atoms with E-state index in [1.54, 1.807) is 7.11 Å². The van der Waals surface area contributed by atoms with Crippen molar-refractivity contribution < 1.29 is 9.47 Å². The molecule has 0 saturated carbocycles. The second kappa shape index (κ2) is 12.4. The highest BCUT2D eigenvalue weighted by Crippen LogP contribution is 2.28. The van der Waals surface area contributed by atoms with Crippen LogP contribution in [0.25, 0.3) is 0 Å². The summed E-state index contributed by atoms with van der Waals surface area (Å²) in [4.78, 5) is 6.85. The van der Waals surface area contributed by atoms with Crippen molar-refractivity contribution in [1.29, 1.82) is 0 Å². The van der Waals surface area contributed by atoms with Gasteiger partial charge in [-0.3, -0.25) is 4.99 Å². The van der Waals surface area contributed by atoms with Crippen LogP contribution in [0.15, 0.2) is 23.2 Å². The molecule has 0 aliphatic carbocycles. The van der Waals surface area contributed by atoms with Crippen LogP contribution in [-0.4, -0.2) is 64.3 Å². The Morgan fingerprint density at radius 2 is 1.85 bits per heavy atom. The van der Waals surface area contributed by atoms with Crippen molar-refractivity contribution >= 4 is 5.96 Å². The van der Waals surface area contributed by atoms with Crippen LogP contribution < -0.4 is 20.1 Å². The average molecular weight is 377 g/mol. The molecule has 2 N–H and O–H groups in total. The molecular weight excluding hydrogens is 340 g/mol. The Hall–Kier alpha value is -1.95. The van der Waals surface area contributed by atoms with Gasteiger partial charge in [0.1, 0.15) is 0 Å². The van der Waals surface area contributed by atoms with Gasteiger partial charge in [0.25, 0.3) is 0 Å². The number of benzene rings is 1. The summed E-state index contributed by atoms with van der Waals surface area (Å²) in [6.07, 6.45) is 5.90. The first-order valence-corrected chi connectivity index (χ1v) is 10.2. The number of ether oxygens (including phenoxy) is 2. The van der Waals surface area contributed by atoms with E-state index in [0.717, 1.165) is 49.8 Å². The minimum Gasteiger partial charge on any atom is -0.493 e. The Morgan fingerprint density at radius 1 is 1.11 bits per heavy atom. The number of hydrogen-bond acceptors (Lipinski definition) is 4. The predicted octanol–water partition coefficient (Wildman–Crippen LogP) is 2.68. The van der Waals surface area contributed by atoms with Gasteiger partial charge in [0, 0.05) is 20.1 Å². The van der Waals surface area contributed by atoms with Crippen LogP contribution in [0.1, 0.15) is 38.2 Å². The Morgan fingerprint density at radius 3 is 2.52 bits per heavy atom. The zero-order valence-electron chi connectivity index (χ0n) is 17.2. The molecular formula is C21H36N4O2. The molecule has 1 aromatic carbocycles. The third kappa shape index (κ3) is 7.67. The summed E-state index contributed by atoms with van der Waals surface area (Å²) in [6.45, 7) is 8.20. The van der Waals surface area contributed by atoms with Crippen LogP contribution in [0.2, 0.25) is 0 Å². The quantitative estimate of drug-likeness (QED) is 0.353. The number of likely N-dealkylation sites (tertiary alicyclic amines) is 1. The number of aryl methyl sites for hydroxylation is 1. The summed E-state index contributed by atoms with van der Waals surface area (Å²) in [5.74, 6) is 2.50. The number of guanidine groups is 1. The topological polar surface area (TPSA) is 58.1 Å². The molecule has 1 aliphatic rings. The van der Waals surface area contributed by atoms with Crippen LogP contribution in [0, 0.1) is 0 Å². The van der Waals surface area contributed by atoms with Gasteiger partial charge in [0.15, 0.2) is 17.5 Å². The first-order valence-electron chi connectivity index (χ1n) is 10.2. The summed E-state index contributed by atoms with van der Waals surface area (Å²) in [5.41, 5.74) is 1.26. The Labute approximate surface area is 164 Å². The van der Waals surface area contributed by atoms with E-state index in [-0.39, 0.29) is 0 Å². The summed E-state index contributed by atoms with van der Waals surface area (Å²) >= 11 is 0. The molecule has 0 aromatic heterocycles. The van der Waals surface area contributed by atoms with Crippen molar-refractivity contribution in [2.45, 2.75) is 39.0 Å². The number of rotatable bonds is 11. The van der Waals surface area contributed by atoms with Crippen molar-refractivity contribution in [3.8, 4) is 11.5 Å². The molecule has 6 nitrogen and oxygen atoms in total. The molecule has 0 amide bonds. The highest BCUT2D eigenvalue weighted by Gasteiger charge is 2.10. The van der Waals surface area contributed by atoms with E-state index in [2.05, 4.69) is 32.7 Å². The molecule has 1 heterocycles. The monoisotopic (exact) mass is 376 g/mol. The van der Waals surface area contributed by atoms with Gasteiger partial charge in [-0.25, -0.2) is 0 Å². The SMILES string of the molecule is CCOc1cc(CCCNC(=NC)NCCCN2CCCC2)ccc1OC. The minimum atomic E-state index is 0.640. The van der Waals surface area contributed by atoms with Gasteiger partial charge in [-0.05, 0) is 76.4 Å². The van der Waals surface area contributed by atoms with Crippen LogP contribution in [0.4, 0.5) is 0 Å². The van der Waals surface area contributed by atoms with E-state index >= 15 is 0 Å². The molecule has 1 saturated heterocycles. The Bertz CT molecular complexity index is 571. The number of nitrogens with zero attached hydrogens (tertiary/aromatic N) is 2. The molecule has 27 heavy (non-hydrogen) atoms. The van der Waals surface area contributed by atoms with Gasteiger partial charge in [-0.15, -0.1) is 0 Å². The average Bonchev–Trinajstić information content (AvgIpc) is 3.20. The summed E-state index contributed by atoms with van der Waals surface area (Å²) in [7, 11) is 3.50. The smallest absolute Gasteiger partial charge is 0.190 e. The summed E-state index contributed by atoms with van der Waals surface area (Å²) in [5, 5.41) is 6.81. The lowest BCUT2D eigenvalue weighted by Gasteiger charge is -2.16. The number of methoxy groups -OCH3 is 1. The lowest BCUT2D eigenvalue weighted by Crippen LogP contribution is -2.39. The molecule has 0 unspecified atom stereocenters. The van der Waals surface area contributed by atoms with E-state index in [0.29, 0.717) is 6.61 Å². The molecule has 2 rings (SSSR count). The standard InChI is InChI=1S/C21H36N4O2/c1-4-27-20-17-18(10-11-19(20)26-3)9-7-12-23-21(22-2)24-13-8-16-25-14-5-6-15-25/h10-11,17H,4-9,12-16H2,1-3H3,(H2,22,23,24). The molecule has 0 atom stereocenters. The van der Waals surface area contributed by atoms with Crippen molar-refractivity contribution in [3.63, 3.8) is 0 Å². The van der Waals surface area contributed by atoms with Crippen molar-refractivity contribution in [3.05, 3.63) is 23.8 Å². The second-order valence-electron chi connectivity index (χ2n) is 6.85. The molecule has 152 valence electrons. The highest BCUT2D eigenvalue weighted by atomic mass is 16.5.